The van der Waals surface area contributed by atoms with Crippen LogP contribution in [-0.4, -0.2) is 42.5 Å². The Kier molecular flexibility index (Phi) is 5.26. The zero-order chi connectivity index (χ0) is 17.6. The van der Waals surface area contributed by atoms with Crippen LogP contribution in [0, 0.1) is 0 Å². The molecular formula is C20H20N2O3. The topological polar surface area (TPSA) is 72.6 Å². The summed E-state index contributed by atoms with van der Waals surface area (Å²) in [6, 6.07) is 18.0. The second kappa shape index (κ2) is 7.77. The fourth-order valence-corrected chi connectivity index (χ4v) is 2.75. The van der Waals surface area contributed by atoms with Gasteiger partial charge in [-0.05, 0) is 28.8 Å². The molecule has 2 aromatic rings. The lowest BCUT2D eigenvalue weighted by molar-refractivity contribution is -0.142. The maximum absolute atomic E-state index is 12.3. The number of ether oxygens (including phenoxy) is 1. The van der Waals surface area contributed by atoms with E-state index >= 15 is 0 Å². The molecule has 25 heavy (non-hydrogen) atoms. The number of morpholine rings is 1. The zero-order valence-electron chi connectivity index (χ0n) is 13.8. The molecule has 1 fully saturated rings. The summed E-state index contributed by atoms with van der Waals surface area (Å²) in [4.78, 5) is 25.1. The van der Waals surface area contributed by atoms with Gasteiger partial charge in [0.1, 0.15) is 0 Å². The molecule has 3 rings (SSSR count). The highest BCUT2D eigenvalue weighted by atomic mass is 16.5. The smallest absolute Gasteiger partial charge is 0.248 e. The third kappa shape index (κ3) is 4.33. The average molecular weight is 336 g/mol. The fourth-order valence-electron chi connectivity index (χ4n) is 2.75. The first-order chi connectivity index (χ1) is 12.1. The normalized spacial score (nSPS) is 17.6. The molecule has 0 radical (unpaired) electrons. The van der Waals surface area contributed by atoms with Gasteiger partial charge in [-0.15, -0.1) is 0 Å². The molecule has 5 heteroatoms. The minimum absolute atomic E-state index is 0.153. The van der Waals surface area contributed by atoms with Gasteiger partial charge in [-0.25, -0.2) is 0 Å². The van der Waals surface area contributed by atoms with Crippen molar-refractivity contribution in [3.05, 3.63) is 66.2 Å². The van der Waals surface area contributed by atoms with Crippen LogP contribution in [0.1, 0.15) is 5.56 Å². The van der Waals surface area contributed by atoms with Crippen molar-refractivity contribution in [1.82, 2.24) is 4.90 Å². The summed E-state index contributed by atoms with van der Waals surface area (Å²) < 4.78 is 5.25. The summed E-state index contributed by atoms with van der Waals surface area (Å²) in [7, 11) is 0. The van der Waals surface area contributed by atoms with Gasteiger partial charge in [0.25, 0.3) is 0 Å². The standard InChI is InChI=1S/C20H20N2O3/c21-20(24)18-14-22(11-12-25-18)19(23)10-9-15-5-4-8-17(13-15)16-6-2-1-3-7-16/h1-10,13,18H,11-12,14H2,(H2,21,24). The molecule has 0 aromatic heterocycles. The highest BCUT2D eigenvalue weighted by molar-refractivity contribution is 5.92. The molecule has 1 aliphatic heterocycles. The van der Waals surface area contributed by atoms with Crippen LogP contribution in [0.15, 0.2) is 60.7 Å². The first-order valence-corrected chi connectivity index (χ1v) is 8.17. The van der Waals surface area contributed by atoms with E-state index in [2.05, 4.69) is 0 Å². The third-order valence-electron chi connectivity index (χ3n) is 4.11. The largest absolute Gasteiger partial charge is 0.367 e. The predicted molar refractivity (Wildman–Crippen MR) is 96.4 cm³/mol. The maximum atomic E-state index is 12.3. The number of benzene rings is 2. The molecule has 2 aromatic carbocycles. The van der Waals surface area contributed by atoms with Gasteiger partial charge >= 0.3 is 0 Å². The van der Waals surface area contributed by atoms with Gasteiger partial charge < -0.3 is 15.4 Å². The predicted octanol–water partition coefficient (Wildman–Crippen LogP) is 2.08. The number of nitrogens with zero attached hydrogens (tertiary/aromatic N) is 1. The molecule has 128 valence electrons. The van der Waals surface area contributed by atoms with E-state index in [0.717, 1.165) is 16.7 Å². The van der Waals surface area contributed by atoms with Gasteiger partial charge in [0.05, 0.1) is 13.2 Å². The molecule has 0 saturated carbocycles. The molecule has 1 heterocycles. The number of hydrogen-bond acceptors (Lipinski definition) is 3. The van der Waals surface area contributed by atoms with E-state index in [4.69, 9.17) is 10.5 Å². The number of carbonyl (C=O) groups excluding carboxylic acids is 2. The van der Waals surface area contributed by atoms with E-state index in [0.29, 0.717) is 13.2 Å². The molecule has 5 nitrogen and oxygen atoms in total. The first kappa shape index (κ1) is 16.9. The lowest BCUT2D eigenvalue weighted by Crippen LogP contribution is -2.50. The minimum Gasteiger partial charge on any atom is -0.367 e. The molecule has 1 unspecified atom stereocenters. The zero-order valence-corrected chi connectivity index (χ0v) is 13.8. The Morgan fingerprint density at radius 1 is 1.08 bits per heavy atom. The van der Waals surface area contributed by atoms with Crippen molar-refractivity contribution in [3.8, 4) is 11.1 Å². The van der Waals surface area contributed by atoms with Crippen molar-refractivity contribution in [2.75, 3.05) is 19.7 Å². The summed E-state index contributed by atoms with van der Waals surface area (Å²) in [6.45, 7) is 0.969. The Balaban J connectivity index is 1.69. The molecule has 2 N–H and O–H groups in total. The molecule has 2 amide bonds. The Bertz CT molecular complexity index is 787. The van der Waals surface area contributed by atoms with Crippen LogP contribution in [0.3, 0.4) is 0 Å². The van der Waals surface area contributed by atoms with Crippen LogP contribution in [0.2, 0.25) is 0 Å². The van der Waals surface area contributed by atoms with Crippen molar-refractivity contribution in [2.45, 2.75) is 6.10 Å². The van der Waals surface area contributed by atoms with Crippen LogP contribution >= 0.6 is 0 Å². The summed E-state index contributed by atoms with van der Waals surface area (Å²) in [5.74, 6) is -0.697. The number of nitrogens with two attached hydrogens (primary N) is 1. The quantitative estimate of drug-likeness (QED) is 0.869. The van der Waals surface area contributed by atoms with Crippen LogP contribution in [0.25, 0.3) is 17.2 Å². The number of hydrogen-bond donors (Lipinski definition) is 1. The summed E-state index contributed by atoms with van der Waals surface area (Å²) in [5, 5.41) is 0. The number of primary amides is 1. The van der Waals surface area contributed by atoms with Crippen molar-refractivity contribution in [3.63, 3.8) is 0 Å². The van der Waals surface area contributed by atoms with E-state index in [1.165, 1.54) is 6.08 Å². The Labute approximate surface area is 146 Å². The van der Waals surface area contributed by atoms with Crippen LogP contribution in [0.5, 0.6) is 0 Å². The lowest BCUT2D eigenvalue weighted by Gasteiger charge is -2.30. The second-order valence-electron chi connectivity index (χ2n) is 5.87. The van der Waals surface area contributed by atoms with Gasteiger partial charge in [-0.1, -0.05) is 48.5 Å². The average Bonchev–Trinajstić information content (AvgIpc) is 2.67. The highest BCUT2D eigenvalue weighted by Crippen LogP contribution is 2.20. The lowest BCUT2D eigenvalue weighted by atomic mass is 10.0. The SMILES string of the molecule is NC(=O)C1CN(C(=O)C=Cc2cccc(-c3ccccc3)c2)CCO1. The highest BCUT2D eigenvalue weighted by Gasteiger charge is 2.26. The summed E-state index contributed by atoms with van der Waals surface area (Å²) in [5.41, 5.74) is 8.41. The van der Waals surface area contributed by atoms with E-state index in [9.17, 15) is 9.59 Å². The van der Waals surface area contributed by atoms with E-state index in [1.54, 1.807) is 11.0 Å². The Hall–Kier alpha value is -2.92. The molecule has 1 aliphatic rings. The molecular weight excluding hydrogens is 316 g/mol. The summed E-state index contributed by atoms with van der Waals surface area (Å²) in [6.07, 6.45) is 2.57. The number of carbonyl (C=O) groups is 2. The molecule has 0 aliphatic carbocycles. The number of rotatable bonds is 4. The minimum atomic E-state index is -0.729. The molecule has 0 bridgehead atoms. The van der Waals surface area contributed by atoms with Gasteiger partial charge in [0, 0.05) is 12.6 Å². The van der Waals surface area contributed by atoms with Crippen molar-refractivity contribution in [2.24, 2.45) is 5.73 Å². The van der Waals surface area contributed by atoms with Gasteiger partial charge in [-0.2, -0.15) is 0 Å². The Morgan fingerprint density at radius 2 is 1.84 bits per heavy atom. The number of amides is 2. The first-order valence-electron chi connectivity index (χ1n) is 8.17. The molecule has 1 saturated heterocycles. The molecule has 0 spiro atoms. The van der Waals surface area contributed by atoms with Crippen molar-refractivity contribution < 1.29 is 14.3 Å². The maximum Gasteiger partial charge on any atom is 0.248 e. The van der Waals surface area contributed by atoms with Gasteiger partial charge in [0.2, 0.25) is 11.8 Å². The van der Waals surface area contributed by atoms with Gasteiger partial charge in [0.15, 0.2) is 6.10 Å². The van der Waals surface area contributed by atoms with Gasteiger partial charge in [-0.3, -0.25) is 9.59 Å². The second-order valence-corrected chi connectivity index (χ2v) is 5.87. The van der Waals surface area contributed by atoms with Crippen molar-refractivity contribution in [1.29, 1.82) is 0 Å². The Morgan fingerprint density at radius 3 is 2.60 bits per heavy atom. The van der Waals surface area contributed by atoms with E-state index in [1.807, 2.05) is 54.6 Å². The third-order valence-corrected chi connectivity index (χ3v) is 4.11. The van der Waals surface area contributed by atoms with Crippen LogP contribution in [0.4, 0.5) is 0 Å². The van der Waals surface area contributed by atoms with E-state index in [-0.39, 0.29) is 12.5 Å². The van der Waals surface area contributed by atoms with E-state index < -0.39 is 12.0 Å². The molecule has 1 atom stereocenters. The fraction of sp³-hybridized carbons (Fsp3) is 0.200. The monoisotopic (exact) mass is 336 g/mol. The summed E-state index contributed by atoms with van der Waals surface area (Å²) >= 11 is 0. The van der Waals surface area contributed by atoms with Crippen LogP contribution in [-0.2, 0) is 14.3 Å². The van der Waals surface area contributed by atoms with Crippen LogP contribution < -0.4 is 5.73 Å². The van der Waals surface area contributed by atoms with Crippen molar-refractivity contribution >= 4 is 17.9 Å².